The standard InChI is InChI=1S/C14H14ClNO2S/c15-12-3-1-10(9-13(12)18-8-6-16)14-4-2-11(19-14)5-7-17/h1-4,7,9H,5-6,8,16H2. The molecule has 0 saturated carbocycles. The summed E-state index contributed by atoms with van der Waals surface area (Å²) in [6.45, 7) is 0.882. The van der Waals surface area contributed by atoms with Crippen molar-refractivity contribution in [2.45, 2.75) is 6.42 Å². The fourth-order valence-corrected chi connectivity index (χ4v) is 2.78. The molecule has 0 amide bonds. The molecule has 3 nitrogen and oxygen atoms in total. The molecule has 2 N–H and O–H groups in total. The molecule has 2 aromatic rings. The van der Waals surface area contributed by atoms with Gasteiger partial charge in [0.25, 0.3) is 0 Å². The van der Waals surface area contributed by atoms with Crippen LogP contribution in [0.3, 0.4) is 0 Å². The smallest absolute Gasteiger partial charge is 0.138 e. The lowest BCUT2D eigenvalue weighted by atomic mass is 10.2. The van der Waals surface area contributed by atoms with Gasteiger partial charge in [-0.1, -0.05) is 17.7 Å². The van der Waals surface area contributed by atoms with Crippen molar-refractivity contribution in [2.75, 3.05) is 13.2 Å². The minimum Gasteiger partial charge on any atom is -0.491 e. The molecule has 0 radical (unpaired) electrons. The van der Waals surface area contributed by atoms with Crippen LogP contribution in [0.25, 0.3) is 10.4 Å². The predicted octanol–water partition coefficient (Wildman–Crippen LogP) is 3.15. The van der Waals surface area contributed by atoms with Gasteiger partial charge in [0.05, 0.1) is 5.02 Å². The average molecular weight is 296 g/mol. The number of carbonyl (C=O) groups excluding carboxylic acids is 1. The molecule has 0 spiro atoms. The molecule has 2 rings (SSSR count). The van der Waals surface area contributed by atoms with Crippen molar-refractivity contribution in [3.63, 3.8) is 0 Å². The van der Waals surface area contributed by atoms with Gasteiger partial charge < -0.3 is 15.3 Å². The van der Waals surface area contributed by atoms with E-state index in [2.05, 4.69) is 0 Å². The minimum atomic E-state index is 0.435. The highest BCUT2D eigenvalue weighted by Crippen LogP contribution is 2.34. The second-order valence-corrected chi connectivity index (χ2v) is 5.49. The molecule has 0 aliphatic carbocycles. The van der Waals surface area contributed by atoms with Gasteiger partial charge in [-0.3, -0.25) is 0 Å². The van der Waals surface area contributed by atoms with E-state index in [4.69, 9.17) is 22.1 Å². The van der Waals surface area contributed by atoms with Crippen LogP contribution in [0.5, 0.6) is 5.75 Å². The van der Waals surface area contributed by atoms with E-state index in [1.165, 1.54) is 0 Å². The molecule has 0 saturated heterocycles. The highest BCUT2D eigenvalue weighted by Gasteiger charge is 2.07. The monoisotopic (exact) mass is 295 g/mol. The van der Waals surface area contributed by atoms with E-state index in [1.54, 1.807) is 11.3 Å². The molecule has 1 aromatic heterocycles. The first-order valence-electron chi connectivity index (χ1n) is 5.89. The second kappa shape index (κ2) is 6.70. The predicted molar refractivity (Wildman–Crippen MR) is 79.1 cm³/mol. The quantitative estimate of drug-likeness (QED) is 0.833. The topological polar surface area (TPSA) is 52.3 Å². The number of carbonyl (C=O) groups is 1. The zero-order valence-corrected chi connectivity index (χ0v) is 11.8. The van der Waals surface area contributed by atoms with Gasteiger partial charge in [0.1, 0.15) is 18.6 Å². The van der Waals surface area contributed by atoms with Gasteiger partial charge in [-0.2, -0.15) is 0 Å². The van der Waals surface area contributed by atoms with Crippen LogP contribution < -0.4 is 10.5 Å². The zero-order chi connectivity index (χ0) is 13.7. The summed E-state index contributed by atoms with van der Waals surface area (Å²) in [4.78, 5) is 12.6. The van der Waals surface area contributed by atoms with Crippen molar-refractivity contribution in [1.29, 1.82) is 0 Å². The first kappa shape index (κ1) is 14.1. The van der Waals surface area contributed by atoms with Crippen LogP contribution in [0, 0.1) is 0 Å². The Morgan fingerprint density at radius 2 is 2.16 bits per heavy atom. The number of hydrogen-bond acceptors (Lipinski definition) is 4. The highest BCUT2D eigenvalue weighted by molar-refractivity contribution is 7.15. The van der Waals surface area contributed by atoms with Gasteiger partial charge in [0.2, 0.25) is 0 Å². The van der Waals surface area contributed by atoms with Crippen molar-refractivity contribution >= 4 is 29.2 Å². The van der Waals surface area contributed by atoms with Crippen LogP contribution in [-0.4, -0.2) is 19.4 Å². The Labute approximate surface area is 121 Å². The Hall–Kier alpha value is -1.36. The number of thiophene rings is 1. The van der Waals surface area contributed by atoms with Gasteiger partial charge in [0.15, 0.2) is 0 Å². The third-order valence-corrected chi connectivity index (χ3v) is 4.01. The molecule has 5 heteroatoms. The number of aldehydes is 1. The van der Waals surface area contributed by atoms with Crippen molar-refractivity contribution < 1.29 is 9.53 Å². The fourth-order valence-electron chi connectivity index (χ4n) is 1.66. The highest BCUT2D eigenvalue weighted by atomic mass is 35.5. The van der Waals surface area contributed by atoms with Crippen LogP contribution in [0.2, 0.25) is 5.02 Å². The summed E-state index contributed by atoms with van der Waals surface area (Å²) in [5.41, 5.74) is 6.44. The molecule has 0 fully saturated rings. The van der Waals surface area contributed by atoms with E-state index in [9.17, 15) is 4.79 Å². The summed E-state index contributed by atoms with van der Waals surface area (Å²) in [6.07, 6.45) is 1.36. The molecular weight excluding hydrogens is 282 g/mol. The van der Waals surface area contributed by atoms with Gasteiger partial charge in [0, 0.05) is 22.7 Å². The van der Waals surface area contributed by atoms with Crippen LogP contribution in [-0.2, 0) is 11.2 Å². The molecule has 1 aromatic carbocycles. The third-order valence-electron chi connectivity index (χ3n) is 2.54. The summed E-state index contributed by atoms with van der Waals surface area (Å²) in [6, 6.07) is 9.60. The van der Waals surface area contributed by atoms with E-state index < -0.39 is 0 Å². The van der Waals surface area contributed by atoms with E-state index in [1.807, 2.05) is 30.3 Å². The number of halogens is 1. The maximum Gasteiger partial charge on any atom is 0.138 e. The second-order valence-electron chi connectivity index (χ2n) is 3.92. The lowest BCUT2D eigenvalue weighted by Gasteiger charge is -2.08. The Morgan fingerprint density at radius 1 is 1.32 bits per heavy atom. The molecule has 1 heterocycles. The van der Waals surface area contributed by atoms with E-state index in [0.717, 1.165) is 21.6 Å². The first-order valence-corrected chi connectivity index (χ1v) is 7.09. The SMILES string of the molecule is NCCOc1cc(-c2ccc(CC=O)s2)ccc1Cl. The third kappa shape index (κ3) is 3.56. The van der Waals surface area contributed by atoms with Crippen molar-refractivity contribution in [3.05, 3.63) is 40.2 Å². The Balaban J connectivity index is 2.25. The van der Waals surface area contributed by atoms with Crippen molar-refractivity contribution in [1.82, 2.24) is 0 Å². The van der Waals surface area contributed by atoms with Crippen LogP contribution in [0.15, 0.2) is 30.3 Å². The molecular formula is C14H14ClNO2S. The number of ether oxygens (including phenoxy) is 1. The summed E-state index contributed by atoms with van der Waals surface area (Å²) in [5.74, 6) is 0.634. The van der Waals surface area contributed by atoms with Crippen LogP contribution in [0.4, 0.5) is 0 Å². The Bertz CT molecular complexity index is 568. The van der Waals surface area contributed by atoms with E-state index in [0.29, 0.717) is 30.3 Å². The zero-order valence-electron chi connectivity index (χ0n) is 10.3. The molecule has 0 aliphatic rings. The maximum absolute atomic E-state index is 10.5. The fraction of sp³-hybridized carbons (Fsp3) is 0.214. The van der Waals surface area contributed by atoms with E-state index in [-0.39, 0.29) is 0 Å². The summed E-state index contributed by atoms with van der Waals surface area (Å²) < 4.78 is 5.49. The van der Waals surface area contributed by atoms with Gasteiger partial charge in [-0.15, -0.1) is 11.3 Å². The van der Waals surface area contributed by atoms with E-state index >= 15 is 0 Å². The van der Waals surface area contributed by atoms with Gasteiger partial charge in [-0.05, 0) is 29.8 Å². The lowest BCUT2D eigenvalue weighted by Crippen LogP contribution is -2.10. The molecule has 0 bridgehead atoms. The van der Waals surface area contributed by atoms with Crippen molar-refractivity contribution in [2.24, 2.45) is 5.73 Å². The average Bonchev–Trinajstić information content (AvgIpc) is 2.87. The summed E-state index contributed by atoms with van der Waals surface area (Å²) in [7, 11) is 0. The minimum absolute atomic E-state index is 0.435. The lowest BCUT2D eigenvalue weighted by molar-refractivity contribution is -0.107. The molecule has 0 atom stereocenters. The van der Waals surface area contributed by atoms with Gasteiger partial charge in [-0.25, -0.2) is 0 Å². The number of nitrogens with two attached hydrogens (primary N) is 1. The van der Waals surface area contributed by atoms with Gasteiger partial charge >= 0.3 is 0 Å². The molecule has 100 valence electrons. The van der Waals surface area contributed by atoms with Crippen molar-refractivity contribution in [3.8, 4) is 16.2 Å². The molecule has 0 unspecified atom stereocenters. The summed E-state index contributed by atoms with van der Waals surface area (Å²) in [5, 5.41) is 0.571. The number of rotatable bonds is 6. The maximum atomic E-state index is 10.5. The largest absolute Gasteiger partial charge is 0.491 e. The first-order chi connectivity index (χ1) is 9.24. The molecule has 0 aliphatic heterocycles. The number of hydrogen-bond donors (Lipinski definition) is 1. The summed E-state index contributed by atoms with van der Waals surface area (Å²) >= 11 is 7.66. The Morgan fingerprint density at radius 3 is 2.89 bits per heavy atom. The Kier molecular flexibility index (Phi) is 4.96. The number of benzene rings is 1. The molecule has 19 heavy (non-hydrogen) atoms. The van der Waals surface area contributed by atoms with Crippen LogP contribution >= 0.6 is 22.9 Å². The van der Waals surface area contributed by atoms with Crippen LogP contribution in [0.1, 0.15) is 4.88 Å². The normalized spacial score (nSPS) is 10.4.